The van der Waals surface area contributed by atoms with Crippen molar-refractivity contribution in [3.05, 3.63) is 65.4 Å². The molecule has 32 heavy (non-hydrogen) atoms. The Bertz CT molecular complexity index is 964. The second kappa shape index (κ2) is 9.65. The SMILES string of the molecule is COc1cc(C(=O)N(CCc2ccccc2)C2=C[C@H]3CC[C@@H](C2)[NH+]3C)cc(OC)c1OC. The molecule has 2 aromatic rings. The van der Waals surface area contributed by atoms with Crippen molar-refractivity contribution in [1.82, 2.24) is 4.90 Å². The minimum Gasteiger partial charge on any atom is -0.493 e. The molecule has 6 heteroatoms. The van der Waals surface area contributed by atoms with Gasteiger partial charge in [0.2, 0.25) is 5.75 Å². The molecule has 0 aliphatic carbocycles. The van der Waals surface area contributed by atoms with Crippen molar-refractivity contribution in [1.29, 1.82) is 0 Å². The number of carbonyl (C=O) groups is 1. The van der Waals surface area contributed by atoms with Gasteiger partial charge in [-0.1, -0.05) is 30.3 Å². The summed E-state index contributed by atoms with van der Waals surface area (Å²) in [6, 6.07) is 14.9. The molecular formula is C26H33N2O4+. The van der Waals surface area contributed by atoms with Gasteiger partial charge in [-0.25, -0.2) is 0 Å². The van der Waals surface area contributed by atoms with Crippen LogP contribution in [0.2, 0.25) is 0 Å². The number of hydrogen-bond donors (Lipinski definition) is 1. The first-order valence-electron chi connectivity index (χ1n) is 11.3. The zero-order valence-electron chi connectivity index (χ0n) is 19.4. The molecule has 6 nitrogen and oxygen atoms in total. The van der Waals surface area contributed by atoms with Gasteiger partial charge in [-0.2, -0.15) is 0 Å². The molecule has 2 bridgehead atoms. The van der Waals surface area contributed by atoms with E-state index in [-0.39, 0.29) is 5.91 Å². The molecular weight excluding hydrogens is 404 g/mol. The summed E-state index contributed by atoms with van der Waals surface area (Å²) < 4.78 is 16.4. The number of rotatable bonds is 8. The van der Waals surface area contributed by atoms with Crippen LogP contribution in [0.4, 0.5) is 0 Å². The van der Waals surface area contributed by atoms with E-state index in [4.69, 9.17) is 14.2 Å². The highest BCUT2D eigenvalue weighted by Gasteiger charge is 2.40. The van der Waals surface area contributed by atoms with E-state index in [1.54, 1.807) is 38.4 Å². The number of nitrogens with one attached hydrogen (secondary N) is 1. The molecule has 1 fully saturated rings. The van der Waals surface area contributed by atoms with Crippen molar-refractivity contribution in [2.45, 2.75) is 37.8 Å². The van der Waals surface area contributed by atoms with E-state index in [0.29, 0.717) is 41.4 Å². The summed E-state index contributed by atoms with van der Waals surface area (Å²) in [6.07, 6.45) is 6.44. The third-order valence-corrected chi connectivity index (χ3v) is 6.87. The Hall–Kier alpha value is -2.99. The monoisotopic (exact) mass is 437 g/mol. The van der Waals surface area contributed by atoms with Crippen molar-refractivity contribution >= 4 is 5.91 Å². The maximum absolute atomic E-state index is 13.8. The number of amides is 1. The summed E-state index contributed by atoms with van der Waals surface area (Å²) in [5, 5.41) is 0. The Labute approximate surface area is 190 Å². The molecule has 0 aromatic heterocycles. The molecule has 0 radical (unpaired) electrons. The Morgan fingerprint density at radius 2 is 1.72 bits per heavy atom. The number of quaternary nitrogens is 1. The van der Waals surface area contributed by atoms with Gasteiger partial charge < -0.3 is 24.0 Å². The highest BCUT2D eigenvalue weighted by Crippen LogP contribution is 2.39. The highest BCUT2D eigenvalue weighted by atomic mass is 16.5. The quantitative estimate of drug-likeness (QED) is 0.690. The Balaban J connectivity index is 1.68. The van der Waals surface area contributed by atoms with Gasteiger partial charge in [0.05, 0.1) is 34.4 Å². The van der Waals surface area contributed by atoms with Crippen LogP contribution in [0.25, 0.3) is 0 Å². The van der Waals surface area contributed by atoms with E-state index in [1.165, 1.54) is 18.4 Å². The fourth-order valence-electron chi connectivity index (χ4n) is 4.99. The van der Waals surface area contributed by atoms with E-state index in [1.807, 2.05) is 23.1 Å². The number of likely N-dealkylation sites (N-methyl/N-ethyl adjacent to an activating group) is 1. The summed E-state index contributed by atoms with van der Waals surface area (Å²) in [5.41, 5.74) is 2.89. The number of ether oxygens (including phenoxy) is 3. The fourth-order valence-corrected chi connectivity index (χ4v) is 4.99. The van der Waals surface area contributed by atoms with Crippen LogP contribution in [0.3, 0.4) is 0 Å². The van der Waals surface area contributed by atoms with Crippen molar-refractivity contribution in [2.24, 2.45) is 0 Å². The molecule has 0 saturated carbocycles. The van der Waals surface area contributed by atoms with Crippen molar-refractivity contribution in [2.75, 3.05) is 34.9 Å². The van der Waals surface area contributed by atoms with Crippen molar-refractivity contribution in [3.63, 3.8) is 0 Å². The largest absolute Gasteiger partial charge is 0.493 e. The Morgan fingerprint density at radius 1 is 1.03 bits per heavy atom. The normalized spacial score (nSPS) is 21.6. The number of fused-ring (bicyclic) bond motifs is 2. The standard InChI is InChI=1S/C26H32N2O4/c1-27-20-10-11-21(27)17-22(16-20)28(13-12-18-8-6-5-7-9-18)26(29)19-14-23(30-2)25(32-4)24(15-19)31-3/h5-9,14-16,20-21H,10-13,17H2,1-4H3/p+1/t20-,21+/m1/s1. The number of hydrogen-bond acceptors (Lipinski definition) is 4. The van der Waals surface area contributed by atoms with E-state index in [2.05, 4.69) is 25.3 Å². The van der Waals surface area contributed by atoms with Gasteiger partial charge in [-0.05, 0) is 30.2 Å². The van der Waals surface area contributed by atoms with Crippen LogP contribution in [-0.2, 0) is 6.42 Å². The lowest BCUT2D eigenvalue weighted by Gasteiger charge is -2.33. The van der Waals surface area contributed by atoms with Crippen LogP contribution in [-0.4, -0.2) is 57.8 Å². The van der Waals surface area contributed by atoms with Gasteiger partial charge in [0, 0.05) is 37.1 Å². The minimum absolute atomic E-state index is 0.0367. The van der Waals surface area contributed by atoms with Crippen LogP contribution >= 0.6 is 0 Å². The average Bonchev–Trinajstić information content (AvgIpc) is 3.03. The van der Waals surface area contributed by atoms with Crippen LogP contribution < -0.4 is 19.1 Å². The van der Waals surface area contributed by atoms with Crippen LogP contribution in [0.1, 0.15) is 35.2 Å². The van der Waals surface area contributed by atoms with E-state index in [9.17, 15) is 4.79 Å². The maximum Gasteiger partial charge on any atom is 0.258 e. The van der Waals surface area contributed by atoms with Gasteiger partial charge in [0.15, 0.2) is 11.5 Å². The molecule has 1 N–H and O–H groups in total. The lowest BCUT2D eigenvalue weighted by atomic mass is 10.0. The summed E-state index contributed by atoms with van der Waals surface area (Å²) in [5.74, 6) is 1.42. The minimum atomic E-state index is -0.0367. The zero-order chi connectivity index (χ0) is 22.7. The first kappa shape index (κ1) is 22.2. The third-order valence-electron chi connectivity index (χ3n) is 6.87. The molecule has 4 rings (SSSR count). The number of nitrogens with zero attached hydrogens (tertiary/aromatic N) is 1. The predicted octanol–water partition coefficient (Wildman–Crippen LogP) is 2.73. The molecule has 1 amide bonds. The second-order valence-electron chi connectivity index (χ2n) is 8.59. The van der Waals surface area contributed by atoms with Gasteiger partial charge >= 0.3 is 0 Å². The second-order valence-corrected chi connectivity index (χ2v) is 8.59. The highest BCUT2D eigenvalue weighted by molar-refractivity contribution is 5.96. The van der Waals surface area contributed by atoms with Gasteiger partial charge in [-0.3, -0.25) is 4.79 Å². The Kier molecular flexibility index (Phi) is 6.70. The van der Waals surface area contributed by atoms with Crippen molar-refractivity contribution < 1.29 is 23.9 Å². The fraction of sp³-hybridized carbons (Fsp3) is 0.423. The lowest BCUT2D eigenvalue weighted by Crippen LogP contribution is -3.14. The van der Waals surface area contributed by atoms with Crippen LogP contribution in [0, 0.1) is 0 Å². The maximum atomic E-state index is 13.8. The molecule has 2 aliphatic rings. The number of benzene rings is 2. The first-order valence-corrected chi connectivity index (χ1v) is 11.3. The van der Waals surface area contributed by atoms with Crippen LogP contribution in [0.15, 0.2) is 54.2 Å². The predicted molar refractivity (Wildman–Crippen MR) is 124 cm³/mol. The van der Waals surface area contributed by atoms with E-state index in [0.717, 1.165) is 18.5 Å². The van der Waals surface area contributed by atoms with E-state index < -0.39 is 0 Å². The lowest BCUT2D eigenvalue weighted by molar-refractivity contribution is -0.912. The Morgan fingerprint density at radius 3 is 2.31 bits per heavy atom. The van der Waals surface area contributed by atoms with Gasteiger partial charge in [0.25, 0.3) is 5.91 Å². The number of methoxy groups -OCH3 is 3. The molecule has 1 unspecified atom stereocenters. The summed E-state index contributed by atoms with van der Waals surface area (Å²) >= 11 is 0. The van der Waals surface area contributed by atoms with Gasteiger partial charge in [0.1, 0.15) is 6.04 Å². The summed E-state index contributed by atoms with van der Waals surface area (Å²) in [7, 11) is 6.97. The molecule has 2 heterocycles. The molecule has 170 valence electrons. The molecule has 2 aromatic carbocycles. The van der Waals surface area contributed by atoms with Crippen LogP contribution in [0.5, 0.6) is 17.2 Å². The average molecular weight is 438 g/mol. The van der Waals surface area contributed by atoms with E-state index >= 15 is 0 Å². The van der Waals surface area contributed by atoms with Crippen molar-refractivity contribution in [3.8, 4) is 17.2 Å². The summed E-state index contributed by atoms with van der Waals surface area (Å²) in [4.78, 5) is 17.4. The molecule has 1 saturated heterocycles. The molecule has 0 spiro atoms. The third kappa shape index (κ3) is 4.32. The van der Waals surface area contributed by atoms with Gasteiger partial charge in [-0.15, -0.1) is 0 Å². The number of carbonyl (C=O) groups excluding carboxylic acids is 1. The smallest absolute Gasteiger partial charge is 0.258 e. The molecule has 2 aliphatic heterocycles. The first-order chi connectivity index (χ1) is 15.5. The topological polar surface area (TPSA) is 52.4 Å². The summed E-state index contributed by atoms with van der Waals surface area (Å²) in [6.45, 7) is 0.629. The molecule has 3 atom stereocenters. The zero-order valence-corrected chi connectivity index (χ0v) is 19.4.